The summed E-state index contributed by atoms with van der Waals surface area (Å²) < 4.78 is 5.21. The normalized spacial score (nSPS) is 16.1. The number of fused-ring (bicyclic) bond motifs is 1. The molecule has 1 atom stereocenters. The Bertz CT molecular complexity index is 991. The van der Waals surface area contributed by atoms with Crippen molar-refractivity contribution < 1.29 is 9.66 Å². The zero-order valence-corrected chi connectivity index (χ0v) is 12.6. The molecule has 1 aromatic heterocycles. The molecule has 0 bridgehead atoms. The second-order valence-corrected chi connectivity index (χ2v) is 5.25. The molecule has 1 aromatic carbocycles. The highest BCUT2D eigenvalue weighted by Gasteiger charge is 2.35. The van der Waals surface area contributed by atoms with Gasteiger partial charge in [0.1, 0.15) is 11.6 Å². The van der Waals surface area contributed by atoms with Crippen molar-refractivity contribution in [3.8, 4) is 11.9 Å². The minimum atomic E-state index is -1.02. The molecule has 0 radical (unpaired) electrons. The summed E-state index contributed by atoms with van der Waals surface area (Å²) in [5.74, 6) is -1.35. The first-order valence-electron chi connectivity index (χ1n) is 6.53. The summed E-state index contributed by atoms with van der Waals surface area (Å²) in [6.45, 7) is 0. The highest BCUT2D eigenvalue weighted by Crippen LogP contribution is 2.42. The Balaban J connectivity index is 2.34. The molecule has 0 spiro atoms. The molecule has 24 heavy (non-hydrogen) atoms. The van der Waals surface area contributed by atoms with E-state index in [1.165, 1.54) is 18.2 Å². The molecule has 1 unspecified atom stereocenters. The molecule has 0 aliphatic carbocycles. The maximum absolute atomic E-state index is 12.2. The summed E-state index contributed by atoms with van der Waals surface area (Å²) in [4.78, 5) is 28.9. The van der Waals surface area contributed by atoms with E-state index in [4.69, 9.17) is 22.1 Å². The molecule has 0 saturated heterocycles. The van der Waals surface area contributed by atoms with E-state index in [0.717, 1.165) is 6.33 Å². The van der Waals surface area contributed by atoms with Crippen LogP contribution in [0.4, 0.5) is 5.69 Å². The van der Waals surface area contributed by atoms with Crippen LogP contribution in [0.5, 0.6) is 5.88 Å². The number of benzene rings is 1. The summed E-state index contributed by atoms with van der Waals surface area (Å²) in [6, 6.07) is 5.60. The quantitative estimate of drug-likeness (QED) is 0.619. The van der Waals surface area contributed by atoms with Crippen LogP contribution < -0.4 is 16.0 Å². The number of nitro benzene ring substituents is 1. The van der Waals surface area contributed by atoms with Gasteiger partial charge in [-0.15, -0.1) is 0 Å². The zero-order chi connectivity index (χ0) is 17.4. The minimum absolute atomic E-state index is 0.00523. The molecule has 0 saturated carbocycles. The Morgan fingerprint density at radius 1 is 1.50 bits per heavy atom. The van der Waals surface area contributed by atoms with Gasteiger partial charge >= 0.3 is 0 Å². The van der Waals surface area contributed by atoms with E-state index in [1.807, 2.05) is 6.07 Å². The smallest absolute Gasteiger partial charge is 0.269 e. The lowest BCUT2D eigenvalue weighted by atomic mass is 9.85. The Kier molecular flexibility index (Phi) is 3.67. The molecular formula is C14H8ClN5O4. The monoisotopic (exact) mass is 345 g/mol. The third kappa shape index (κ3) is 2.35. The number of halogens is 1. The Labute approximate surface area is 139 Å². The van der Waals surface area contributed by atoms with Gasteiger partial charge in [-0.05, 0) is 11.6 Å². The van der Waals surface area contributed by atoms with E-state index in [9.17, 15) is 20.2 Å². The number of ether oxygens (including phenoxy) is 1. The number of aromatic nitrogens is 2. The molecule has 120 valence electrons. The average Bonchev–Trinajstić information content (AvgIpc) is 2.54. The van der Waals surface area contributed by atoms with Crippen LogP contribution in [0.25, 0.3) is 0 Å². The molecule has 3 N–H and O–H groups in total. The van der Waals surface area contributed by atoms with Crippen molar-refractivity contribution in [2.45, 2.75) is 5.92 Å². The number of nitrogens with zero attached hydrogens (tertiary/aromatic N) is 3. The van der Waals surface area contributed by atoms with Gasteiger partial charge in [-0.2, -0.15) is 5.26 Å². The Morgan fingerprint density at radius 2 is 2.25 bits per heavy atom. The molecule has 2 heterocycles. The number of rotatable bonds is 2. The van der Waals surface area contributed by atoms with Crippen LogP contribution in [0.2, 0.25) is 5.02 Å². The third-order valence-corrected chi connectivity index (χ3v) is 3.87. The van der Waals surface area contributed by atoms with Gasteiger partial charge in [0, 0.05) is 17.2 Å². The van der Waals surface area contributed by atoms with E-state index in [2.05, 4.69) is 9.97 Å². The van der Waals surface area contributed by atoms with Gasteiger partial charge in [-0.1, -0.05) is 11.6 Å². The summed E-state index contributed by atoms with van der Waals surface area (Å²) >= 11 is 6.15. The number of nitrogens with two attached hydrogens (primary N) is 1. The summed E-state index contributed by atoms with van der Waals surface area (Å²) in [5.41, 5.74) is 5.05. The molecule has 1 aliphatic rings. The van der Waals surface area contributed by atoms with Crippen LogP contribution >= 0.6 is 11.6 Å². The van der Waals surface area contributed by atoms with Crippen molar-refractivity contribution in [1.29, 1.82) is 5.26 Å². The molecule has 0 fully saturated rings. The van der Waals surface area contributed by atoms with Crippen LogP contribution in [-0.2, 0) is 0 Å². The van der Waals surface area contributed by atoms with Gasteiger partial charge in [0.2, 0.25) is 11.8 Å². The summed E-state index contributed by atoms with van der Waals surface area (Å²) in [5, 5.41) is 20.6. The van der Waals surface area contributed by atoms with Crippen LogP contribution in [0, 0.1) is 21.4 Å². The van der Waals surface area contributed by atoms with Crippen LogP contribution in [-0.4, -0.2) is 14.9 Å². The lowest BCUT2D eigenvalue weighted by Crippen LogP contribution is -2.28. The van der Waals surface area contributed by atoms with Gasteiger partial charge < -0.3 is 15.5 Å². The first kappa shape index (κ1) is 15.5. The number of hydrogen-bond acceptors (Lipinski definition) is 7. The Hall–Kier alpha value is -3.38. The topological polar surface area (TPSA) is 148 Å². The number of nitro groups is 1. The molecule has 10 heteroatoms. The van der Waals surface area contributed by atoms with Crippen molar-refractivity contribution in [3.05, 3.63) is 72.6 Å². The molecule has 3 rings (SSSR count). The lowest BCUT2D eigenvalue weighted by molar-refractivity contribution is -0.384. The Morgan fingerprint density at radius 3 is 2.92 bits per heavy atom. The van der Waals surface area contributed by atoms with Gasteiger partial charge in [-0.25, -0.2) is 4.98 Å². The standard InChI is InChI=1S/C14H8ClN5O4/c15-9-2-1-6(20(22)23)3-7(9)10-8(4-16)12(17)24-14-11(10)13(21)18-5-19-14/h1-3,5,10H,17H2,(H,18,19,21). The number of non-ortho nitro benzene ring substituents is 1. The fraction of sp³-hybridized carbons (Fsp3) is 0.0714. The van der Waals surface area contributed by atoms with Crippen LogP contribution in [0.1, 0.15) is 17.0 Å². The molecule has 2 aromatic rings. The van der Waals surface area contributed by atoms with Gasteiger partial charge in [-0.3, -0.25) is 14.9 Å². The highest BCUT2D eigenvalue weighted by atomic mass is 35.5. The van der Waals surface area contributed by atoms with Crippen molar-refractivity contribution in [2.75, 3.05) is 0 Å². The predicted molar refractivity (Wildman–Crippen MR) is 82.3 cm³/mol. The zero-order valence-electron chi connectivity index (χ0n) is 11.8. The van der Waals surface area contributed by atoms with E-state index < -0.39 is 16.4 Å². The van der Waals surface area contributed by atoms with E-state index in [-0.39, 0.29) is 39.2 Å². The number of hydrogen-bond donors (Lipinski definition) is 2. The summed E-state index contributed by atoms with van der Waals surface area (Å²) in [6.07, 6.45) is 1.12. The van der Waals surface area contributed by atoms with Gasteiger partial charge in [0.15, 0.2) is 0 Å². The maximum Gasteiger partial charge on any atom is 0.269 e. The van der Waals surface area contributed by atoms with Crippen molar-refractivity contribution in [3.63, 3.8) is 0 Å². The SMILES string of the molecule is N#CC1=C(N)Oc2nc[nH]c(=O)c2C1c1cc([N+](=O)[O-])ccc1Cl. The largest absolute Gasteiger partial charge is 0.422 e. The number of nitriles is 1. The maximum atomic E-state index is 12.2. The second-order valence-electron chi connectivity index (χ2n) is 4.84. The van der Waals surface area contributed by atoms with Crippen molar-refractivity contribution >= 4 is 17.3 Å². The fourth-order valence-electron chi connectivity index (χ4n) is 2.47. The first-order chi connectivity index (χ1) is 11.4. The predicted octanol–water partition coefficient (Wildman–Crippen LogP) is 1.55. The van der Waals surface area contributed by atoms with Gasteiger partial charge in [0.05, 0.1) is 22.7 Å². The fourth-order valence-corrected chi connectivity index (χ4v) is 2.70. The second kappa shape index (κ2) is 5.68. The summed E-state index contributed by atoms with van der Waals surface area (Å²) in [7, 11) is 0. The van der Waals surface area contributed by atoms with E-state index >= 15 is 0 Å². The number of aromatic amines is 1. The molecular weight excluding hydrogens is 338 g/mol. The first-order valence-corrected chi connectivity index (χ1v) is 6.90. The number of H-pyrrole nitrogens is 1. The van der Waals surface area contributed by atoms with E-state index in [0.29, 0.717) is 0 Å². The van der Waals surface area contributed by atoms with Crippen LogP contribution in [0.3, 0.4) is 0 Å². The van der Waals surface area contributed by atoms with Crippen LogP contribution in [0.15, 0.2) is 40.8 Å². The minimum Gasteiger partial charge on any atom is -0.422 e. The third-order valence-electron chi connectivity index (χ3n) is 3.52. The molecule has 9 nitrogen and oxygen atoms in total. The number of nitrogens with one attached hydrogen (secondary N) is 1. The van der Waals surface area contributed by atoms with Crippen molar-refractivity contribution in [2.24, 2.45) is 5.73 Å². The molecule has 0 amide bonds. The van der Waals surface area contributed by atoms with Crippen molar-refractivity contribution in [1.82, 2.24) is 9.97 Å². The number of allylic oxidation sites excluding steroid dienone is 1. The highest BCUT2D eigenvalue weighted by molar-refractivity contribution is 6.31. The average molecular weight is 346 g/mol. The van der Waals surface area contributed by atoms with E-state index in [1.54, 1.807) is 0 Å². The lowest BCUT2D eigenvalue weighted by Gasteiger charge is -2.24. The molecule has 1 aliphatic heterocycles. The van der Waals surface area contributed by atoms with Gasteiger partial charge in [0.25, 0.3) is 11.2 Å².